The Hall–Kier alpha value is -2.20. The zero-order valence-corrected chi connectivity index (χ0v) is 13.6. The van der Waals surface area contributed by atoms with E-state index in [1.807, 2.05) is 0 Å². The molecule has 1 aromatic heterocycles. The molecule has 2 aliphatic rings. The maximum Gasteiger partial charge on any atom is 0.355 e. The predicted octanol–water partition coefficient (Wildman–Crippen LogP) is -0.424. The lowest BCUT2D eigenvalue weighted by molar-refractivity contribution is -0.149. The largest absolute Gasteiger partial charge is 0.461 e. The van der Waals surface area contributed by atoms with Crippen molar-refractivity contribution in [3.05, 3.63) is 23.2 Å². The van der Waals surface area contributed by atoms with Crippen LogP contribution in [0, 0.1) is 0 Å². The summed E-state index contributed by atoms with van der Waals surface area (Å²) in [6.45, 7) is 0.305. The van der Waals surface area contributed by atoms with Gasteiger partial charge in [0.05, 0.1) is 31.2 Å². The van der Waals surface area contributed by atoms with Gasteiger partial charge in [-0.2, -0.15) is 0 Å². The van der Waals surface area contributed by atoms with Crippen molar-refractivity contribution in [3.8, 4) is 0 Å². The number of carbonyl (C=O) groups is 3. The summed E-state index contributed by atoms with van der Waals surface area (Å²) in [5.74, 6) is -0.207. The Balaban J connectivity index is 1.54. The first kappa shape index (κ1) is 16.7. The lowest BCUT2D eigenvalue weighted by Crippen LogP contribution is -2.54. The molecule has 0 unspecified atom stereocenters. The van der Waals surface area contributed by atoms with E-state index >= 15 is 0 Å². The van der Waals surface area contributed by atoms with E-state index < -0.39 is 5.97 Å². The number of fused-ring (bicyclic) bond motifs is 1. The Kier molecular flexibility index (Phi) is 4.95. The van der Waals surface area contributed by atoms with Gasteiger partial charge in [-0.25, -0.2) is 4.79 Å². The van der Waals surface area contributed by atoms with Crippen molar-refractivity contribution >= 4 is 29.9 Å². The smallest absolute Gasteiger partial charge is 0.355 e. The van der Waals surface area contributed by atoms with Crippen LogP contribution in [0.25, 0.3) is 0 Å². The Morgan fingerprint density at radius 1 is 1.54 bits per heavy atom. The molecule has 1 saturated heterocycles. The van der Waals surface area contributed by atoms with Crippen LogP contribution in [-0.4, -0.2) is 67.5 Å². The molecule has 1 aromatic rings. The van der Waals surface area contributed by atoms with Crippen LogP contribution in [0.5, 0.6) is 0 Å². The molecule has 1 N–H and O–H groups in total. The summed E-state index contributed by atoms with van der Waals surface area (Å²) in [4.78, 5) is 35.9. The highest BCUT2D eigenvalue weighted by molar-refractivity contribution is 8.00. The number of aromatic nitrogens is 3. The molecule has 3 heterocycles. The van der Waals surface area contributed by atoms with Crippen LogP contribution in [0.4, 0.5) is 0 Å². The maximum absolute atomic E-state index is 12.3. The van der Waals surface area contributed by atoms with E-state index in [0.29, 0.717) is 37.0 Å². The van der Waals surface area contributed by atoms with Crippen LogP contribution >= 0.6 is 11.8 Å². The number of aldehydes is 1. The highest BCUT2D eigenvalue weighted by atomic mass is 32.2. The van der Waals surface area contributed by atoms with Crippen LogP contribution in [0.3, 0.4) is 0 Å². The van der Waals surface area contributed by atoms with Crippen molar-refractivity contribution in [3.63, 3.8) is 0 Å². The number of β-lactam (4-membered cyclic amide) rings is 1. The van der Waals surface area contributed by atoms with E-state index in [1.165, 1.54) is 27.5 Å². The van der Waals surface area contributed by atoms with E-state index in [4.69, 9.17) is 4.74 Å². The molecule has 128 valence electrons. The van der Waals surface area contributed by atoms with Gasteiger partial charge in [-0.1, -0.05) is 5.21 Å². The number of esters is 1. The number of aryl methyl sites for hydroxylation is 1. The highest BCUT2D eigenvalue weighted by Gasteiger charge is 2.45. The molecular weight excluding hydrogens is 336 g/mol. The second-order valence-corrected chi connectivity index (χ2v) is 6.52. The van der Waals surface area contributed by atoms with Gasteiger partial charge in [-0.05, 0) is 5.57 Å². The van der Waals surface area contributed by atoms with E-state index in [-0.39, 0.29) is 35.9 Å². The number of aliphatic hydroxyl groups is 1. The predicted molar refractivity (Wildman–Crippen MR) is 82.8 cm³/mol. The minimum Gasteiger partial charge on any atom is -0.461 e. The van der Waals surface area contributed by atoms with Gasteiger partial charge >= 0.3 is 5.97 Å². The summed E-state index contributed by atoms with van der Waals surface area (Å²) in [7, 11) is 0. The minimum absolute atomic E-state index is 0.0349. The number of amides is 1. The molecule has 24 heavy (non-hydrogen) atoms. The third kappa shape index (κ3) is 3.20. The number of nitrogens with zero attached hydrogens (tertiary/aromatic N) is 4. The normalized spacial score (nSPS) is 19.8. The molecule has 2 aliphatic heterocycles. The fourth-order valence-corrected chi connectivity index (χ4v) is 3.78. The number of thioether (sulfide) groups is 1. The van der Waals surface area contributed by atoms with E-state index in [0.717, 1.165) is 0 Å². The molecule has 0 saturated carbocycles. The lowest BCUT2D eigenvalue weighted by atomic mass is 10.1. The first-order valence-corrected chi connectivity index (χ1v) is 8.48. The third-order valence-corrected chi connectivity index (χ3v) is 5.04. The van der Waals surface area contributed by atoms with Crippen molar-refractivity contribution in [2.24, 2.45) is 0 Å². The molecular formula is C14H16N4O5S. The number of rotatable bonds is 7. The molecule has 0 aromatic carbocycles. The van der Waals surface area contributed by atoms with Crippen molar-refractivity contribution < 1.29 is 24.2 Å². The van der Waals surface area contributed by atoms with Crippen molar-refractivity contribution in [2.75, 3.05) is 19.0 Å². The summed E-state index contributed by atoms with van der Waals surface area (Å²) in [5, 5.41) is 16.8. The highest BCUT2D eigenvalue weighted by Crippen LogP contribution is 2.40. The second-order valence-electron chi connectivity index (χ2n) is 5.36. The van der Waals surface area contributed by atoms with Crippen molar-refractivity contribution in [1.29, 1.82) is 0 Å². The van der Waals surface area contributed by atoms with Gasteiger partial charge in [0, 0.05) is 18.7 Å². The molecule has 1 amide bonds. The molecule has 3 rings (SSSR count). The van der Waals surface area contributed by atoms with Crippen molar-refractivity contribution in [1.82, 2.24) is 19.9 Å². The van der Waals surface area contributed by atoms with Gasteiger partial charge in [0.25, 0.3) is 0 Å². The number of hydrogen-bond acceptors (Lipinski definition) is 8. The topological polar surface area (TPSA) is 115 Å². The van der Waals surface area contributed by atoms with Gasteiger partial charge in [-0.3, -0.25) is 19.2 Å². The molecule has 10 heteroatoms. The van der Waals surface area contributed by atoms with Gasteiger partial charge < -0.3 is 9.84 Å². The molecule has 1 atom stereocenters. The fraction of sp³-hybridized carbons (Fsp3) is 0.500. The summed E-state index contributed by atoms with van der Waals surface area (Å²) in [6, 6.07) is 0. The van der Waals surface area contributed by atoms with Gasteiger partial charge in [-0.15, -0.1) is 16.9 Å². The number of carbonyl (C=O) groups excluding carboxylic acids is 3. The van der Waals surface area contributed by atoms with Gasteiger partial charge in [0.2, 0.25) is 5.91 Å². The average molecular weight is 352 g/mol. The number of ether oxygens (including phenoxy) is 1. The Bertz CT molecular complexity index is 701. The van der Waals surface area contributed by atoms with Gasteiger partial charge in [0.15, 0.2) is 6.29 Å². The quantitative estimate of drug-likeness (QED) is 0.304. The summed E-state index contributed by atoms with van der Waals surface area (Å²) in [6.07, 6.45) is 3.00. The molecule has 1 fully saturated rings. The monoisotopic (exact) mass is 352 g/mol. The number of hydrogen-bond donors (Lipinski definition) is 1. The summed E-state index contributed by atoms with van der Waals surface area (Å²) in [5.41, 5.74) is 0.939. The van der Waals surface area contributed by atoms with Gasteiger partial charge in [0.1, 0.15) is 11.4 Å². The standard InChI is InChI=1S/C14H16N4O5S/c19-6-9-8-24-12-4-11(21)18(12)13(9)14(22)23-3-1-2-17-5-10(7-20)15-16-17/h5,7,12,19H,1-4,6,8H2/t12-/m1/s1. The number of aliphatic hydroxyl groups excluding tert-OH is 1. The third-order valence-electron chi connectivity index (χ3n) is 3.76. The first-order valence-electron chi connectivity index (χ1n) is 7.43. The molecule has 0 aliphatic carbocycles. The molecule has 0 radical (unpaired) electrons. The van der Waals surface area contributed by atoms with E-state index in [2.05, 4.69) is 10.3 Å². The van der Waals surface area contributed by atoms with E-state index in [9.17, 15) is 19.5 Å². The molecule has 9 nitrogen and oxygen atoms in total. The molecule has 0 bridgehead atoms. The van der Waals surface area contributed by atoms with Crippen molar-refractivity contribution in [2.45, 2.75) is 24.8 Å². The fourth-order valence-electron chi connectivity index (χ4n) is 2.52. The van der Waals surface area contributed by atoms with Crippen LogP contribution in [0.1, 0.15) is 23.3 Å². The Morgan fingerprint density at radius 3 is 3.04 bits per heavy atom. The lowest BCUT2D eigenvalue weighted by Gasteiger charge is -2.44. The average Bonchev–Trinajstić information content (AvgIpc) is 3.05. The maximum atomic E-state index is 12.3. The summed E-state index contributed by atoms with van der Waals surface area (Å²) >= 11 is 1.53. The SMILES string of the molecule is O=Cc1cn(CCCOC(=O)C2=C(CO)CS[C@@H]3CC(=O)N23)nn1. The van der Waals surface area contributed by atoms with Crippen LogP contribution < -0.4 is 0 Å². The van der Waals surface area contributed by atoms with E-state index in [1.54, 1.807) is 0 Å². The van der Waals surface area contributed by atoms with Crippen LogP contribution in [0.15, 0.2) is 17.5 Å². The van der Waals surface area contributed by atoms with Crippen LogP contribution in [-0.2, 0) is 20.9 Å². The zero-order valence-electron chi connectivity index (χ0n) is 12.8. The second kappa shape index (κ2) is 7.14. The first-order chi connectivity index (χ1) is 11.6. The van der Waals surface area contributed by atoms with Crippen LogP contribution in [0.2, 0.25) is 0 Å². The Labute approximate surface area is 141 Å². The summed E-state index contributed by atoms with van der Waals surface area (Å²) < 4.78 is 6.72. The minimum atomic E-state index is -0.593. The Morgan fingerprint density at radius 2 is 2.38 bits per heavy atom. The molecule has 0 spiro atoms. The zero-order chi connectivity index (χ0) is 17.1.